The number of nitrogens with two attached hydrogens (primary N) is 4. The molecule has 0 radical (unpaired) electrons. The van der Waals surface area contributed by atoms with E-state index in [1.807, 2.05) is 0 Å². The molecule has 1 aromatic rings. The van der Waals surface area contributed by atoms with E-state index in [9.17, 15) is 57.8 Å². The summed E-state index contributed by atoms with van der Waals surface area (Å²) in [4.78, 5) is 145. The molecule has 0 aromatic heterocycles. The van der Waals surface area contributed by atoms with Crippen molar-refractivity contribution in [2.45, 2.75) is 127 Å². The fourth-order valence-electron chi connectivity index (χ4n) is 7.19. The van der Waals surface area contributed by atoms with Crippen molar-refractivity contribution >= 4 is 90.2 Å². The number of hydrogen-bond acceptors (Lipinski definition) is 15. The normalized spacial score (nSPS) is 16.2. The Morgan fingerprint density at radius 3 is 1.90 bits per heavy atom. The average molecular weight is 1010 g/mol. The summed E-state index contributed by atoms with van der Waals surface area (Å²) in [5.41, 5.74) is 22.1. The molecule has 8 atom stereocenters. The van der Waals surface area contributed by atoms with Gasteiger partial charge in [-0.15, -0.1) is 0 Å². The summed E-state index contributed by atoms with van der Waals surface area (Å²) in [5.74, 6) is -9.84. The fourth-order valence-corrected chi connectivity index (χ4v) is 7.64. The SMILES string of the molecule is CC[C@H](C)[C@H](NC(=O)[C@H](Cc1ccc(O)cc1)NC(=O)CCS)C(=O)N[C@@H](CCC(N)=O)C(=O)N[C@@H](CC(N)=O)C(=O)N[C@@H](CS)C(=O)N1CCC[C@H]1C(=O)N[C@@H](CCCCN)C(=O)NCC(N)=O. The molecule has 1 aliphatic rings. The number of hydrogen-bond donors (Lipinski definition) is 14. The molecule has 0 spiro atoms. The van der Waals surface area contributed by atoms with Gasteiger partial charge in [0.2, 0.25) is 65.0 Å². The number of nitrogens with one attached hydrogen (secondary N) is 7. The highest BCUT2D eigenvalue weighted by Gasteiger charge is 2.40. The molecule has 2 rings (SSSR count). The smallest absolute Gasteiger partial charge is 0.246 e. The molecule has 384 valence electrons. The van der Waals surface area contributed by atoms with Crippen LogP contribution < -0.4 is 60.2 Å². The summed E-state index contributed by atoms with van der Waals surface area (Å²) in [6.45, 7) is 3.32. The monoisotopic (exact) mass is 1010 g/mol. The molecule has 1 fully saturated rings. The summed E-state index contributed by atoms with van der Waals surface area (Å²) in [7, 11) is 0. The van der Waals surface area contributed by atoms with Gasteiger partial charge in [0.05, 0.1) is 13.0 Å². The number of aromatic hydroxyl groups is 1. The van der Waals surface area contributed by atoms with Gasteiger partial charge in [0, 0.05) is 31.6 Å². The Morgan fingerprint density at radius 2 is 1.32 bits per heavy atom. The van der Waals surface area contributed by atoms with Gasteiger partial charge in [0.1, 0.15) is 48.0 Å². The Morgan fingerprint density at radius 1 is 0.710 bits per heavy atom. The van der Waals surface area contributed by atoms with E-state index in [1.165, 1.54) is 17.0 Å². The topological polar surface area (TPSA) is 400 Å². The minimum absolute atomic E-state index is 0.0195. The van der Waals surface area contributed by atoms with Gasteiger partial charge in [-0.1, -0.05) is 32.4 Å². The van der Waals surface area contributed by atoms with E-state index in [0.29, 0.717) is 37.8 Å². The Bertz CT molecular complexity index is 1980. The van der Waals surface area contributed by atoms with Gasteiger partial charge in [-0.2, -0.15) is 25.3 Å². The molecule has 1 heterocycles. The van der Waals surface area contributed by atoms with Crippen LogP contribution in [0.15, 0.2) is 24.3 Å². The van der Waals surface area contributed by atoms with Gasteiger partial charge in [-0.3, -0.25) is 52.7 Å². The lowest BCUT2D eigenvalue weighted by atomic mass is 9.96. The highest BCUT2D eigenvalue weighted by atomic mass is 32.1. The molecule has 0 saturated carbocycles. The van der Waals surface area contributed by atoms with Crippen LogP contribution in [0.3, 0.4) is 0 Å². The zero-order valence-electron chi connectivity index (χ0n) is 38.8. The maximum absolute atomic E-state index is 14.0. The summed E-state index contributed by atoms with van der Waals surface area (Å²) in [6.07, 6.45) is 0.366. The molecular weight excluding hydrogens is 941 g/mol. The van der Waals surface area contributed by atoms with E-state index in [2.05, 4.69) is 62.5 Å². The van der Waals surface area contributed by atoms with Gasteiger partial charge >= 0.3 is 0 Å². The van der Waals surface area contributed by atoms with Crippen LogP contribution in [0.5, 0.6) is 5.75 Å². The van der Waals surface area contributed by atoms with E-state index >= 15 is 0 Å². The third-order valence-corrected chi connectivity index (χ3v) is 11.8. The van der Waals surface area contributed by atoms with Crippen molar-refractivity contribution < 1.29 is 57.8 Å². The van der Waals surface area contributed by atoms with Crippen LogP contribution >= 0.6 is 25.3 Å². The molecule has 26 heteroatoms. The average Bonchev–Trinajstić information content (AvgIpc) is 3.80. The number of phenolic OH excluding ortho intramolecular Hbond substituents is 1. The zero-order chi connectivity index (χ0) is 51.8. The van der Waals surface area contributed by atoms with Gasteiger partial charge in [-0.25, -0.2) is 0 Å². The maximum Gasteiger partial charge on any atom is 0.246 e. The molecule has 16 N–H and O–H groups in total. The van der Waals surface area contributed by atoms with Crippen molar-refractivity contribution in [1.82, 2.24) is 42.1 Å². The van der Waals surface area contributed by atoms with Crippen molar-refractivity contribution in [2.24, 2.45) is 28.9 Å². The van der Waals surface area contributed by atoms with Crippen LogP contribution in [-0.2, 0) is 59.2 Å². The second kappa shape index (κ2) is 30.4. The third kappa shape index (κ3) is 20.5. The van der Waals surface area contributed by atoms with Crippen LogP contribution in [0.1, 0.15) is 83.6 Å². The number of unbranched alkanes of at least 4 members (excludes halogenated alkanes) is 1. The molecule has 1 aliphatic heterocycles. The van der Waals surface area contributed by atoms with Crippen LogP contribution in [0.25, 0.3) is 0 Å². The number of carbonyl (C=O) groups excluding carboxylic acids is 11. The Kier molecular flexibility index (Phi) is 25.9. The highest BCUT2D eigenvalue weighted by molar-refractivity contribution is 7.80. The predicted octanol–water partition coefficient (Wildman–Crippen LogP) is -4.00. The fraction of sp³-hybridized carbons (Fsp3) is 0.605. The standard InChI is InChI=1S/C43H68N12O12S2/c1-3-23(2)36(54-40(64)28(49-35(60)15-18-68)19-24-9-11-25(56)12-10-24)42(66)51-27(13-14-32(45)57)38(62)52-29(20-33(46)58)39(63)53-30(22-69)43(67)55-17-6-8-31(55)41(65)50-26(7-4-5-16-44)37(61)48-21-34(47)59/h9-12,23,26-31,36,56,68-69H,3-8,13-22,44H2,1-2H3,(H2,45,57)(H2,46,58)(H2,47,59)(H,48,61)(H,49,60)(H,50,65)(H,51,66)(H,52,62)(H,53,63)(H,54,64)/t23-,26-,27-,28-,29-,30-,31-,36-/m0/s1. The lowest BCUT2D eigenvalue weighted by Crippen LogP contribution is -2.61. The number of amides is 11. The minimum Gasteiger partial charge on any atom is -0.508 e. The number of primary amides is 3. The van der Waals surface area contributed by atoms with Crippen LogP contribution in [0.4, 0.5) is 0 Å². The first-order chi connectivity index (χ1) is 32.6. The molecule has 11 amide bonds. The van der Waals surface area contributed by atoms with Gasteiger partial charge in [-0.05, 0) is 74.4 Å². The Labute approximate surface area is 411 Å². The second-order valence-corrected chi connectivity index (χ2v) is 17.4. The summed E-state index contributed by atoms with van der Waals surface area (Å²) < 4.78 is 0. The van der Waals surface area contributed by atoms with Crippen molar-refractivity contribution in [1.29, 1.82) is 0 Å². The lowest BCUT2D eigenvalue weighted by Gasteiger charge is -2.30. The van der Waals surface area contributed by atoms with Gasteiger partial charge in [0.25, 0.3) is 0 Å². The number of likely N-dealkylation sites (tertiary alicyclic amines) is 1. The number of carbonyl (C=O) groups is 11. The number of thiol groups is 2. The highest BCUT2D eigenvalue weighted by Crippen LogP contribution is 2.20. The second-order valence-electron chi connectivity index (χ2n) is 16.6. The number of phenols is 1. The van der Waals surface area contributed by atoms with Crippen molar-refractivity contribution in [2.75, 3.05) is 31.1 Å². The predicted molar refractivity (Wildman–Crippen MR) is 257 cm³/mol. The Hall–Kier alpha value is -6.15. The summed E-state index contributed by atoms with van der Waals surface area (Å²) >= 11 is 8.31. The van der Waals surface area contributed by atoms with Crippen molar-refractivity contribution in [3.05, 3.63) is 29.8 Å². The van der Waals surface area contributed by atoms with E-state index in [-0.39, 0.29) is 49.5 Å². The molecule has 24 nitrogen and oxygen atoms in total. The van der Waals surface area contributed by atoms with Crippen molar-refractivity contribution in [3.63, 3.8) is 0 Å². The molecule has 0 aliphatic carbocycles. The number of nitrogens with zero attached hydrogens (tertiary/aromatic N) is 1. The maximum atomic E-state index is 14.0. The van der Waals surface area contributed by atoms with Gasteiger partial charge in [0.15, 0.2) is 0 Å². The molecule has 1 aromatic carbocycles. The molecule has 0 bridgehead atoms. The van der Waals surface area contributed by atoms with Crippen LogP contribution in [-0.4, -0.2) is 148 Å². The Balaban J connectivity index is 2.32. The largest absolute Gasteiger partial charge is 0.508 e. The first-order valence-electron chi connectivity index (χ1n) is 22.6. The van der Waals surface area contributed by atoms with Gasteiger partial charge < -0.3 is 70.2 Å². The summed E-state index contributed by atoms with van der Waals surface area (Å²) in [5, 5.41) is 27.3. The van der Waals surface area contributed by atoms with E-state index in [0.717, 1.165) is 0 Å². The zero-order valence-corrected chi connectivity index (χ0v) is 40.6. The quantitative estimate of drug-likeness (QED) is 0.0250. The van der Waals surface area contributed by atoms with Crippen molar-refractivity contribution in [3.8, 4) is 5.75 Å². The molecule has 1 saturated heterocycles. The molecule has 69 heavy (non-hydrogen) atoms. The van der Waals surface area contributed by atoms with E-state index < -0.39 is 139 Å². The van der Waals surface area contributed by atoms with Crippen LogP contribution in [0.2, 0.25) is 0 Å². The van der Waals surface area contributed by atoms with E-state index in [4.69, 9.17) is 22.9 Å². The third-order valence-electron chi connectivity index (χ3n) is 11.2. The minimum atomic E-state index is -1.75. The molecule has 0 unspecified atom stereocenters. The summed E-state index contributed by atoms with van der Waals surface area (Å²) in [6, 6.07) is -3.54. The number of benzene rings is 1. The van der Waals surface area contributed by atoms with Crippen LogP contribution in [0, 0.1) is 5.92 Å². The van der Waals surface area contributed by atoms with E-state index in [1.54, 1.807) is 26.0 Å². The first kappa shape index (κ1) is 59.0. The number of rotatable bonds is 31. The first-order valence-corrected chi connectivity index (χ1v) is 23.9. The molecular formula is C43H68N12O12S2. The lowest BCUT2D eigenvalue weighted by molar-refractivity contribution is -0.142.